The number of nitrogens with one attached hydrogen (secondary N) is 3. The maximum atomic E-state index is 13.6. The van der Waals surface area contributed by atoms with Gasteiger partial charge in [-0.15, -0.1) is 0 Å². The van der Waals surface area contributed by atoms with Crippen molar-refractivity contribution in [2.45, 2.75) is 38.5 Å². The van der Waals surface area contributed by atoms with Gasteiger partial charge in [-0.2, -0.15) is 13.2 Å². The van der Waals surface area contributed by atoms with Crippen molar-refractivity contribution < 1.29 is 32.3 Å². The van der Waals surface area contributed by atoms with Gasteiger partial charge in [0.1, 0.15) is 0 Å². The highest BCUT2D eigenvalue weighted by molar-refractivity contribution is 6.06. The molecule has 0 saturated carbocycles. The number of aromatic nitrogens is 1. The van der Waals surface area contributed by atoms with Gasteiger partial charge < -0.3 is 30.5 Å². The van der Waals surface area contributed by atoms with Crippen molar-refractivity contribution >= 4 is 29.2 Å². The molecule has 0 unspecified atom stereocenters. The summed E-state index contributed by atoms with van der Waals surface area (Å²) in [4.78, 5) is 47.6. The Balaban J connectivity index is 1.36. The number of ether oxygens (including phenoxy) is 1. The first kappa shape index (κ1) is 36.8. The molecule has 2 heterocycles. The van der Waals surface area contributed by atoms with Gasteiger partial charge >= 0.3 is 12.2 Å². The molecule has 1 saturated heterocycles. The Bertz CT molecular complexity index is 1840. The zero-order valence-corrected chi connectivity index (χ0v) is 28.6. The Morgan fingerprint density at radius 1 is 0.863 bits per heavy atom. The molecule has 0 bridgehead atoms. The fourth-order valence-corrected chi connectivity index (χ4v) is 5.81. The van der Waals surface area contributed by atoms with Crippen LogP contribution in [0, 0.1) is 0 Å². The largest absolute Gasteiger partial charge is 0.416 e. The van der Waals surface area contributed by atoms with E-state index in [1.165, 1.54) is 29.3 Å². The molecule has 1 aliphatic rings. The lowest BCUT2D eigenvalue weighted by Gasteiger charge is -2.29. The van der Waals surface area contributed by atoms with Gasteiger partial charge in [0, 0.05) is 75.5 Å². The average molecular weight is 703 g/mol. The number of halogens is 3. The molecule has 10 nitrogen and oxygen atoms in total. The maximum Gasteiger partial charge on any atom is 0.416 e. The molecule has 5 rings (SSSR count). The first-order valence-corrected chi connectivity index (χ1v) is 16.7. The molecule has 0 spiro atoms. The number of urea groups is 1. The Morgan fingerprint density at radius 3 is 2.37 bits per heavy atom. The van der Waals surface area contributed by atoms with E-state index >= 15 is 0 Å². The zero-order valence-electron chi connectivity index (χ0n) is 28.6. The van der Waals surface area contributed by atoms with Crippen molar-refractivity contribution in [2.24, 2.45) is 0 Å². The molecule has 3 aromatic carbocycles. The molecule has 0 radical (unpaired) electrons. The number of alkyl halides is 3. The summed E-state index contributed by atoms with van der Waals surface area (Å²) >= 11 is 0. The Hall–Kier alpha value is -5.43. The number of carbonyl (C=O) groups is 3. The minimum atomic E-state index is -4.49. The Morgan fingerprint density at radius 2 is 1.61 bits per heavy atom. The maximum absolute atomic E-state index is 13.6. The zero-order chi connectivity index (χ0) is 36.4. The van der Waals surface area contributed by atoms with Gasteiger partial charge in [0.25, 0.3) is 11.8 Å². The van der Waals surface area contributed by atoms with Crippen LogP contribution in [0.25, 0.3) is 11.3 Å². The van der Waals surface area contributed by atoms with E-state index in [1.54, 1.807) is 38.4 Å². The van der Waals surface area contributed by atoms with Crippen LogP contribution in [-0.4, -0.2) is 68.1 Å². The van der Waals surface area contributed by atoms with E-state index in [9.17, 15) is 27.6 Å². The van der Waals surface area contributed by atoms with E-state index < -0.39 is 17.6 Å². The van der Waals surface area contributed by atoms with Gasteiger partial charge in [0.15, 0.2) is 0 Å². The van der Waals surface area contributed by atoms with Crippen LogP contribution in [0.15, 0.2) is 85.1 Å². The third kappa shape index (κ3) is 10.1. The molecule has 1 aromatic heterocycles. The molecule has 0 atom stereocenters. The van der Waals surface area contributed by atoms with Crippen molar-refractivity contribution in [3.05, 3.63) is 113 Å². The predicted octanol–water partition coefficient (Wildman–Crippen LogP) is 6.73. The second-order valence-corrected chi connectivity index (χ2v) is 12.3. The van der Waals surface area contributed by atoms with Crippen molar-refractivity contribution in [3.63, 3.8) is 0 Å². The van der Waals surface area contributed by atoms with Gasteiger partial charge in [0.2, 0.25) is 0 Å². The number of hydrogen-bond donors (Lipinski definition) is 3. The minimum absolute atomic E-state index is 0.0977. The molecule has 4 amide bonds. The number of benzene rings is 3. The van der Waals surface area contributed by atoms with Crippen LogP contribution in [0.1, 0.15) is 56.7 Å². The summed E-state index contributed by atoms with van der Waals surface area (Å²) in [6, 6.07) is 20.4. The van der Waals surface area contributed by atoms with Gasteiger partial charge in [0.05, 0.1) is 23.6 Å². The first-order chi connectivity index (χ1) is 24.5. The number of carbonyl (C=O) groups excluding carboxylic acids is 3. The third-order valence-corrected chi connectivity index (χ3v) is 8.52. The van der Waals surface area contributed by atoms with Crippen molar-refractivity contribution in [3.8, 4) is 11.3 Å². The standard InChI is InChI=1S/C38H41F3N6O4/c1-46(37(50)43-16-19-51-2)25-27-9-6-10-28(20-27)36(49)45-33-13-12-31(47-17-4-3-5-18-47)23-32(33)34-22-29(14-15-42-34)35(48)44-24-26-8-7-11-30(21-26)38(39,40)41/h6-15,20-23H,3-5,16-19,24-25H2,1-2H3,(H,43,50)(H,44,48)(H,45,49). The van der Waals surface area contributed by atoms with Crippen molar-refractivity contribution in [2.75, 3.05) is 50.6 Å². The molecule has 1 aliphatic heterocycles. The van der Waals surface area contributed by atoms with Crippen molar-refractivity contribution in [1.82, 2.24) is 20.5 Å². The topological polar surface area (TPSA) is 116 Å². The lowest BCUT2D eigenvalue weighted by Crippen LogP contribution is -2.38. The normalized spacial score (nSPS) is 13.0. The number of amides is 4. The fourth-order valence-electron chi connectivity index (χ4n) is 5.81. The Labute approximate surface area is 295 Å². The summed E-state index contributed by atoms with van der Waals surface area (Å²) in [5.41, 5.74) is 3.41. The van der Waals surface area contributed by atoms with Crippen LogP contribution in [-0.2, 0) is 24.0 Å². The van der Waals surface area contributed by atoms with Gasteiger partial charge in [-0.3, -0.25) is 14.6 Å². The van der Waals surface area contributed by atoms with Crippen molar-refractivity contribution in [1.29, 1.82) is 0 Å². The van der Waals surface area contributed by atoms with E-state index in [4.69, 9.17) is 4.74 Å². The summed E-state index contributed by atoms with van der Waals surface area (Å²) in [7, 11) is 3.22. The van der Waals surface area contributed by atoms with Gasteiger partial charge in [-0.1, -0.05) is 24.3 Å². The van der Waals surface area contributed by atoms with Gasteiger partial charge in [-0.25, -0.2) is 4.79 Å². The molecular weight excluding hydrogens is 661 g/mol. The molecule has 13 heteroatoms. The lowest BCUT2D eigenvalue weighted by atomic mass is 10.0. The van der Waals surface area contributed by atoms with Crippen LogP contribution < -0.4 is 20.9 Å². The monoisotopic (exact) mass is 702 g/mol. The minimum Gasteiger partial charge on any atom is -0.383 e. The fraction of sp³-hybridized carbons (Fsp3) is 0.316. The Kier molecular flexibility index (Phi) is 12.3. The smallest absolute Gasteiger partial charge is 0.383 e. The SMILES string of the molecule is COCCNC(=O)N(C)Cc1cccc(C(=O)Nc2ccc(N3CCCCC3)cc2-c2cc(C(=O)NCc3cccc(C(F)(F)F)c3)ccn2)c1. The number of anilines is 2. The number of hydrogen-bond acceptors (Lipinski definition) is 6. The molecule has 51 heavy (non-hydrogen) atoms. The highest BCUT2D eigenvalue weighted by Crippen LogP contribution is 2.33. The summed E-state index contributed by atoms with van der Waals surface area (Å²) in [6.07, 6.45) is 0.280. The van der Waals surface area contributed by atoms with Crippen LogP contribution in [0.4, 0.5) is 29.3 Å². The summed E-state index contributed by atoms with van der Waals surface area (Å²) < 4.78 is 44.5. The third-order valence-electron chi connectivity index (χ3n) is 8.52. The molecule has 268 valence electrons. The summed E-state index contributed by atoms with van der Waals surface area (Å²) in [6.45, 7) is 2.74. The number of pyridine rings is 1. The predicted molar refractivity (Wildman–Crippen MR) is 189 cm³/mol. The van der Waals surface area contributed by atoms with Crippen LogP contribution in [0.5, 0.6) is 0 Å². The summed E-state index contributed by atoms with van der Waals surface area (Å²) in [5.74, 6) is -0.853. The second-order valence-electron chi connectivity index (χ2n) is 12.3. The summed E-state index contributed by atoms with van der Waals surface area (Å²) in [5, 5.41) is 8.47. The first-order valence-electron chi connectivity index (χ1n) is 16.7. The number of piperidine rings is 1. The van der Waals surface area contributed by atoms with Crippen LogP contribution in [0.3, 0.4) is 0 Å². The molecule has 4 aromatic rings. The average Bonchev–Trinajstić information content (AvgIpc) is 3.14. The highest BCUT2D eigenvalue weighted by atomic mass is 19.4. The van der Waals surface area contributed by atoms with E-state index in [0.717, 1.165) is 55.7 Å². The lowest BCUT2D eigenvalue weighted by molar-refractivity contribution is -0.137. The molecule has 1 fully saturated rings. The number of rotatable bonds is 12. The number of nitrogens with zero attached hydrogens (tertiary/aromatic N) is 3. The van der Waals surface area contributed by atoms with E-state index in [1.807, 2.05) is 24.3 Å². The van der Waals surface area contributed by atoms with Crippen LogP contribution in [0.2, 0.25) is 0 Å². The molecule has 3 N–H and O–H groups in total. The molecular formula is C38H41F3N6O4. The van der Waals surface area contributed by atoms with E-state index in [-0.39, 0.29) is 30.6 Å². The van der Waals surface area contributed by atoms with E-state index in [0.29, 0.717) is 41.2 Å². The van der Waals surface area contributed by atoms with E-state index in [2.05, 4.69) is 25.8 Å². The highest BCUT2D eigenvalue weighted by Gasteiger charge is 2.30. The quantitative estimate of drug-likeness (QED) is 0.141. The molecule has 0 aliphatic carbocycles. The van der Waals surface area contributed by atoms with Crippen LogP contribution >= 0.6 is 0 Å². The number of methoxy groups -OCH3 is 1. The van der Waals surface area contributed by atoms with Gasteiger partial charge in [-0.05, 0) is 85.0 Å². The second kappa shape index (κ2) is 17.0.